The van der Waals surface area contributed by atoms with Crippen LogP contribution in [0.15, 0.2) is 53.4 Å². The molecule has 2 amide bonds. The van der Waals surface area contributed by atoms with Crippen molar-refractivity contribution < 1.29 is 13.2 Å². The van der Waals surface area contributed by atoms with E-state index >= 15 is 0 Å². The normalized spacial score (nSPS) is 21.0. The lowest BCUT2D eigenvalue weighted by atomic mass is 10.0. The topological polar surface area (TPSA) is 78.5 Å². The number of amides is 2. The summed E-state index contributed by atoms with van der Waals surface area (Å²) in [6.07, 6.45) is 5.19. The van der Waals surface area contributed by atoms with Crippen LogP contribution in [0.25, 0.3) is 0 Å². The Kier molecular flexibility index (Phi) is 5.76. The molecular weight excluding hydrogens is 386 g/mol. The van der Waals surface area contributed by atoms with Gasteiger partial charge in [-0.1, -0.05) is 43.2 Å². The van der Waals surface area contributed by atoms with Crippen LogP contribution in [0.3, 0.4) is 0 Å². The second-order valence-electron chi connectivity index (χ2n) is 7.71. The van der Waals surface area contributed by atoms with Crippen molar-refractivity contribution >= 4 is 27.2 Å². The molecule has 29 heavy (non-hydrogen) atoms. The number of para-hydroxylation sites is 2. The summed E-state index contributed by atoms with van der Waals surface area (Å²) < 4.78 is 24.6. The fraction of sp³-hybridized carbons (Fsp3) is 0.409. The summed E-state index contributed by atoms with van der Waals surface area (Å²) in [6, 6.07) is 14.2. The van der Waals surface area contributed by atoms with Crippen molar-refractivity contribution in [3.63, 3.8) is 0 Å². The Hall–Kier alpha value is -2.54. The fourth-order valence-corrected chi connectivity index (χ4v) is 5.84. The molecule has 2 aliphatic heterocycles. The van der Waals surface area contributed by atoms with E-state index in [0.29, 0.717) is 16.9 Å². The van der Waals surface area contributed by atoms with Crippen LogP contribution in [-0.4, -0.2) is 33.3 Å². The van der Waals surface area contributed by atoms with Crippen LogP contribution in [0.5, 0.6) is 0 Å². The summed E-state index contributed by atoms with van der Waals surface area (Å²) in [5.41, 5.74) is 2.48. The van der Waals surface area contributed by atoms with E-state index in [2.05, 4.69) is 15.5 Å². The van der Waals surface area contributed by atoms with Gasteiger partial charge in [0.1, 0.15) is 0 Å². The van der Waals surface area contributed by atoms with Crippen molar-refractivity contribution in [3.05, 3.63) is 54.1 Å². The van der Waals surface area contributed by atoms with Crippen molar-refractivity contribution in [1.82, 2.24) is 5.32 Å². The largest absolute Gasteiger partial charge is 0.370 e. The molecule has 0 aliphatic carbocycles. The van der Waals surface area contributed by atoms with E-state index in [1.807, 2.05) is 24.3 Å². The average Bonchev–Trinajstić information content (AvgIpc) is 3.00. The average molecular weight is 414 g/mol. The lowest BCUT2D eigenvalue weighted by molar-refractivity contribution is 0.248. The van der Waals surface area contributed by atoms with Gasteiger partial charge < -0.3 is 15.5 Å². The van der Waals surface area contributed by atoms with E-state index in [4.69, 9.17) is 0 Å². The number of rotatable bonds is 3. The Morgan fingerprint density at radius 1 is 0.931 bits per heavy atom. The number of anilines is 2. The second-order valence-corrected chi connectivity index (χ2v) is 9.79. The van der Waals surface area contributed by atoms with Crippen molar-refractivity contribution in [2.45, 2.75) is 43.0 Å². The first-order valence-corrected chi connectivity index (χ1v) is 11.9. The first kappa shape index (κ1) is 19.8. The lowest BCUT2D eigenvalue weighted by Gasteiger charge is -2.28. The predicted octanol–water partition coefficient (Wildman–Crippen LogP) is 4.11. The highest BCUT2D eigenvalue weighted by molar-refractivity contribution is 7.91. The summed E-state index contributed by atoms with van der Waals surface area (Å²) in [6.45, 7) is 1.99. The van der Waals surface area contributed by atoms with E-state index in [-0.39, 0.29) is 17.8 Å². The number of fused-ring (bicyclic) bond motifs is 1. The first-order valence-electron chi connectivity index (χ1n) is 10.3. The maximum atomic E-state index is 12.8. The predicted molar refractivity (Wildman–Crippen MR) is 115 cm³/mol. The monoisotopic (exact) mass is 413 g/mol. The number of hydrogen-bond donors (Lipinski definition) is 2. The van der Waals surface area contributed by atoms with Crippen LogP contribution < -0.4 is 15.5 Å². The molecule has 0 aromatic heterocycles. The van der Waals surface area contributed by atoms with Gasteiger partial charge in [-0.15, -0.1) is 0 Å². The summed E-state index contributed by atoms with van der Waals surface area (Å²) in [5.74, 6) is 0.0410. The van der Waals surface area contributed by atoms with Crippen molar-refractivity contribution in [3.8, 4) is 0 Å². The third-order valence-electron chi connectivity index (χ3n) is 5.71. The quantitative estimate of drug-likeness (QED) is 0.794. The molecule has 7 heteroatoms. The molecule has 0 saturated carbocycles. The number of urea groups is 1. The highest BCUT2D eigenvalue weighted by Gasteiger charge is 2.30. The minimum atomic E-state index is -3.27. The third kappa shape index (κ3) is 4.40. The number of benzene rings is 2. The first-order chi connectivity index (χ1) is 14.0. The highest BCUT2D eigenvalue weighted by Crippen LogP contribution is 2.32. The zero-order valence-corrected chi connectivity index (χ0v) is 17.2. The Morgan fingerprint density at radius 2 is 1.62 bits per heavy atom. The molecule has 1 atom stereocenters. The van der Waals surface area contributed by atoms with Gasteiger partial charge in [0.2, 0.25) is 0 Å². The van der Waals surface area contributed by atoms with Gasteiger partial charge >= 0.3 is 6.03 Å². The minimum absolute atomic E-state index is 0.0410. The van der Waals surface area contributed by atoms with Gasteiger partial charge in [-0.2, -0.15) is 0 Å². The molecule has 154 valence electrons. The molecule has 1 saturated heterocycles. The maximum Gasteiger partial charge on any atom is 0.319 e. The van der Waals surface area contributed by atoms with E-state index in [9.17, 15) is 13.2 Å². The minimum Gasteiger partial charge on any atom is -0.370 e. The van der Waals surface area contributed by atoms with Gasteiger partial charge in [0.15, 0.2) is 9.84 Å². The molecule has 2 aromatic rings. The molecule has 2 heterocycles. The SMILES string of the molecule is O=C(Nc1ccccc1N1CCCCCC1)NC1CCS(=O)(=O)c2ccccc21. The van der Waals surface area contributed by atoms with Crippen LogP contribution in [0.2, 0.25) is 0 Å². The summed E-state index contributed by atoms with van der Waals surface area (Å²) >= 11 is 0. The lowest BCUT2D eigenvalue weighted by Crippen LogP contribution is -2.37. The molecule has 1 fully saturated rings. The Balaban J connectivity index is 1.50. The smallest absolute Gasteiger partial charge is 0.319 e. The molecule has 1 unspecified atom stereocenters. The van der Waals surface area contributed by atoms with E-state index in [1.165, 1.54) is 12.8 Å². The molecule has 2 aromatic carbocycles. The molecule has 6 nitrogen and oxygen atoms in total. The molecule has 2 N–H and O–H groups in total. The Morgan fingerprint density at radius 3 is 2.41 bits per heavy atom. The van der Waals surface area contributed by atoms with Crippen molar-refractivity contribution in [2.24, 2.45) is 0 Å². The van der Waals surface area contributed by atoms with Gasteiger partial charge in [-0.25, -0.2) is 13.2 Å². The molecule has 4 rings (SSSR count). The molecule has 0 bridgehead atoms. The van der Waals surface area contributed by atoms with Crippen LogP contribution in [-0.2, 0) is 9.84 Å². The second kappa shape index (κ2) is 8.45. The van der Waals surface area contributed by atoms with Gasteiger partial charge in [0.05, 0.1) is 28.1 Å². The number of carbonyl (C=O) groups is 1. The van der Waals surface area contributed by atoms with Crippen LogP contribution in [0.4, 0.5) is 16.2 Å². The van der Waals surface area contributed by atoms with Crippen LogP contribution in [0, 0.1) is 0 Å². The number of nitrogens with zero attached hydrogens (tertiary/aromatic N) is 1. The highest BCUT2D eigenvalue weighted by atomic mass is 32.2. The van der Waals surface area contributed by atoms with E-state index in [0.717, 1.165) is 37.3 Å². The number of carbonyl (C=O) groups excluding carboxylic acids is 1. The zero-order chi connectivity index (χ0) is 20.3. The van der Waals surface area contributed by atoms with Crippen LogP contribution >= 0.6 is 0 Å². The van der Waals surface area contributed by atoms with E-state index in [1.54, 1.807) is 24.3 Å². The van der Waals surface area contributed by atoms with Gasteiger partial charge in [0.25, 0.3) is 0 Å². The summed E-state index contributed by atoms with van der Waals surface area (Å²) in [5, 5.41) is 5.96. The molecular formula is C22H27N3O3S. The number of nitrogens with one attached hydrogen (secondary N) is 2. The van der Waals surface area contributed by atoms with Crippen molar-refractivity contribution in [2.75, 3.05) is 29.1 Å². The third-order valence-corrected chi connectivity index (χ3v) is 7.52. The van der Waals surface area contributed by atoms with Gasteiger partial charge in [-0.3, -0.25) is 0 Å². The van der Waals surface area contributed by atoms with Gasteiger partial charge in [0, 0.05) is 13.1 Å². The number of sulfone groups is 1. The van der Waals surface area contributed by atoms with Crippen molar-refractivity contribution in [1.29, 1.82) is 0 Å². The zero-order valence-electron chi connectivity index (χ0n) is 16.4. The fourth-order valence-electron chi connectivity index (χ4n) is 4.22. The van der Waals surface area contributed by atoms with Crippen LogP contribution in [0.1, 0.15) is 43.7 Å². The van der Waals surface area contributed by atoms with E-state index < -0.39 is 9.84 Å². The molecule has 0 spiro atoms. The standard InChI is InChI=1S/C22H27N3O3S/c26-22(23-18-13-16-29(27,28)21-12-6-3-9-17(18)21)24-19-10-4-5-11-20(19)25-14-7-1-2-8-15-25/h3-6,9-12,18H,1-2,7-8,13-16H2,(H2,23,24,26). The summed E-state index contributed by atoms with van der Waals surface area (Å²) in [7, 11) is -3.27. The summed E-state index contributed by atoms with van der Waals surface area (Å²) in [4.78, 5) is 15.4. The number of hydrogen-bond acceptors (Lipinski definition) is 4. The Labute approximate surface area is 172 Å². The van der Waals surface area contributed by atoms with Gasteiger partial charge in [-0.05, 0) is 43.0 Å². The Bertz CT molecular complexity index is 982. The molecule has 2 aliphatic rings. The maximum absolute atomic E-state index is 12.8. The molecule has 0 radical (unpaired) electrons.